The Labute approximate surface area is 108 Å². The maximum atomic E-state index is 13.6. The van der Waals surface area contributed by atoms with Crippen molar-refractivity contribution in [2.45, 2.75) is 13.0 Å². The van der Waals surface area contributed by atoms with Gasteiger partial charge in [-0.15, -0.1) is 0 Å². The van der Waals surface area contributed by atoms with Gasteiger partial charge in [0.1, 0.15) is 5.82 Å². The van der Waals surface area contributed by atoms with Gasteiger partial charge in [-0.05, 0) is 42.8 Å². The molecular formula is C13H12BrFN2. The molecular weight excluding hydrogens is 283 g/mol. The third-order valence-electron chi connectivity index (χ3n) is 2.51. The van der Waals surface area contributed by atoms with Crippen LogP contribution < -0.4 is 5.32 Å². The highest BCUT2D eigenvalue weighted by Crippen LogP contribution is 2.23. The first-order valence-corrected chi connectivity index (χ1v) is 6.07. The summed E-state index contributed by atoms with van der Waals surface area (Å²) >= 11 is 3.23. The monoisotopic (exact) mass is 294 g/mol. The van der Waals surface area contributed by atoms with Crippen molar-refractivity contribution in [2.75, 3.05) is 5.32 Å². The molecule has 0 spiro atoms. The molecule has 0 saturated carbocycles. The van der Waals surface area contributed by atoms with E-state index >= 15 is 0 Å². The minimum atomic E-state index is -0.264. The lowest BCUT2D eigenvalue weighted by atomic mass is 10.1. The molecule has 17 heavy (non-hydrogen) atoms. The number of anilines is 1. The summed E-state index contributed by atoms with van der Waals surface area (Å²) in [4.78, 5) is 3.96. The summed E-state index contributed by atoms with van der Waals surface area (Å²) < 4.78 is 14.4. The number of halogens is 2. The second-order valence-corrected chi connectivity index (χ2v) is 4.69. The smallest absolute Gasteiger partial charge is 0.147 e. The maximum Gasteiger partial charge on any atom is 0.147 e. The number of aromatic nitrogens is 1. The molecule has 1 aromatic carbocycles. The van der Waals surface area contributed by atoms with E-state index in [1.807, 2.05) is 25.1 Å². The lowest BCUT2D eigenvalue weighted by Crippen LogP contribution is -2.07. The van der Waals surface area contributed by atoms with Crippen molar-refractivity contribution in [1.82, 2.24) is 4.98 Å². The number of nitrogens with one attached hydrogen (secondary N) is 1. The van der Waals surface area contributed by atoms with Gasteiger partial charge in [-0.3, -0.25) is 4.98 Å². The fourth-order valence-electron chi connectivity index (χ4n) is 1.58. The van der Waals surface area contributed by atoms with Gasteiger partial charge in [0.05, 0.1) is 5.69 Å². The molecule has 2 rings (SSSR count). The van der Waals surface area contributed by atoms with Gasteiger partial charge in [-0.1, -0.05) is 15.9 Å². The third-order valence-corrected chi connectivity index (χ3v) is 3.00. The van der Waals surface area contributed by atoms with Crippen molar-refractivity contribution >= 4 is 21.6 Å². The van der Waals surface area contributed by atoms with Crippen molar-refractivity contribution in [3.05, 3.63) is 58.6 Å². The fourth-order valence-corrected chi connectivity index (χ4v) is 1.91. The summed E-state index contributed by atoms with van der Waals surface area (Å²) in [5, 5.41) is 3.13. The second-order valence-electron chi connectivity index (χ2n) is 3.77. The van der Waals surface area contributed by atoms with Gasteiger partial charge in [0.25, 0.3) is 0 Å². The van der Waals surface area contributed by atoms with Crippen molar-refractivity contribution in [3.63, 3.8) is 0 Å². The molecule has 88 valence electrons. The van der Waals surface area contributed by atoms with Gasteiger partial charge >= 0.3 is 0 Å². The molecule has 1 N–H and O–H groups in total. The molecule has 2 aromatic rings. The van der Waals surface area contributed by atoms with Crippen LogP contribution in [0.4, 0.5) is 10.1 Å². The quantitative estimate of drug-likeness (QED) is 0.919. The topological polar surface area (TPSA) is 24.9 Å². The van der Waals surface area contributed by atoms with Gasteiger partial charge in [0.15, 0.2) is 0 Å². The van der Waals surface area contributed by atoms with Crippen LogP contribution in [0.3, 0.4) is 0 Å². The highest BCUT2D eigenvalue weighted by molar-refractivity contribution is 9.10. The third kappa shape index (κ3) is 3.03. The van der Waals surface area contributed by atoms with Gasteiger partial charge < -0.3 is 5.32 Å². The first-order chi connectivity index (χ1) is 8.16. The molecule has 0 bridgehead atoms. The van der Waals surface area contributed by atoms with E-state index in [0.717, 1.165) is 10.0 Å². The lowest BCUT2D eigenvalue weighted by Gasteiger charge is -2.16. The minimum Gasteiger partial charge on any atom is -0.376 e. The van der Waals surface area contributed by atoms with E-state index in [2.05, 4.69) is 26.2 Å². The Morgan fingerprint density at radius 2 is 1.94 bits per heavy atom. The fraction of sp³-hybridized carbons (Fsp3) is 0.154. The zero-order chi connectivity index (χ0) is 12.3. The van der Waals surface area contributed by atoms with Crippen LogP contribution in [0, 0.1) is 5.82 Å². The van der Waals surface area contributed by atoms with Crippen molar-refractivity contribution < 1.29 is 4.39 Å². The molecule has 2 nitrogen and oxygen atoms in total. The average molecular weight is 295 g/mol. The molecule has 1 unspecified atom stereocenters. The predicted molar refractivity (Wildman–Crippen MR) is 70.4 cm³/mol. The predicted octanol–water partition coefficient (Wildman–Crippen LogP) is 4.16. The highest BCUT2D eigenvalue weighted by atomic mass is 79.9. The number of hydrogen-bond acceptors (Lipinski definition) is 2. The Kier molecular flexibility index (Phi) is 3.74. The van der Waals surface area contributed by atoms with E-state index in [-0.39, 0.29) is 11.9 Å². The van der Waals surface area contributed by atoms with Gasteiger partial charge in [0, 0.05) is 22.9 Å². The van der Waals surface area contributed by atoms with Crippen LogP contribution in [0.15, 0.2) is 47.2 Å². The van der Waals surface area contributed by atoms with Crippen LogP contribution in [0.25, 0.3) is 0 Å². The van der Waals surface area contributed by atoms with E-state index in [1.54, 1.807) is 18.5 Å². The van der Waals surface area contributed by atoms with Crippen LogP contribution in [0.5, 0.6) is 0 Å². The Morgan fingerprint density at radius 3 is 2.59 bits per heavy atom. The zero-order valence-electron chi connectivity index (χ0n) is 9.32. The molecule has 0 aliphatic carbocycles. The number of hydrogen-bond donors (Lipinski definition) is 1. The lowest BCUT2D eigenvalue weighted by molar-refractivity contribution is 0.626. The molecule has 4 heteroatoms. The molecule has 1 aromatic heterocycles. The zero-order valence-corrected chi connectivity index (χ0v) is 10.9. The van der Waals surface area contributed by atoms with Crippen LogP contribution in [-0.4, -0.2) is 4.98 Å². The van der Waals surface area contributed by atoms with Crippen molar-refractivity contribution in [1.29, 1.82) is 0 Å². The molecule has 0 fully saturated rings. The summed E-state index contributed by atoms with van der Waals surface area (Å²) in [7, 11) is 0. The van der Waals surface area contributed by atoms with Gasteiger partial charge in [0.2, 0.25) is 0 Å². The first kappa shape index (κ1) is 12.0. The van der Waals surface area contributed by atoms with Gasteiger partial charge in [-0.2, -0.15) is 0 Å². The van der Waals surface area contributed by atoms with Crippen LogP contribution >= 0.6 is 15.9 Å². The maximum absolute atomic E-state index is 13.6. The van der Waals surface area contributed by atoms with Crippen LogP contribution in [0.2, 0.25) is 0 Å². The van der Waals surface area contributed by atoms with E-state index in [4.69, 9.17) is 0 Å². The Bertz CT molecular complexity index is 502. The molecule has 0 radical (unpaired) electrons. The molecule has 0 aliphatic rings. The SMILES string of the molecule is CC(Nc1ccc(Br)cc1F)c1ccncc1. The van der Waals surface area contributed by atoms with Crippen LogP contribution in [0.1, 0.15) is 18.5 Å². The summed E-state index contributed by atoms with van der Waals surface area (Å²) in [6, 6.07) is 8.83. The molecule has 1 heterocycles. The van der Waals surface area contributed by atoms with Gasteiger partial charge in [-0.25, -0.2) is 4.39 Å². The number of pyridine rings is 1. The normalized spacial score (nSPS) is 12.2. The first-order valence-electron chi connectivity index (χ1n) is 5.28. The second kappa shape index (κ2) is 5.27. The minimum absolute atomic E-state index is 0.0358. The summed E-state index contributed by atoms with van der Waals surface area (Å²) in [5.41, 5.74) is 1.57. The number of nitrogens with zero attached hydrogens (tertiary/aromatic N) is 1. The Balaban J connectivity index is 2.16. The molecule has 0 aliphatic heterocycles. The van der Waals surface area contributed by atoms with E-state index < -0.39 is 0 Å². The van der Waals surface area contributed by atoms with E-state index in [9.17, 15) is 4.39 Å². The summed E-state index contributed by atoms with van der Waals surface area (Å²) in [6.07, 6.45) is 3.46. The largest absolute Gasteiger partial charge is 0.376 e. The number of rotatable bonds is 3. The summed E-state index contributed by atoms with van der Waals surface area (Å²) in [6.45, 7) is 1.98. The Hall–Kier alpha value is -1.42. The Morgan fingerprint density at radius 1 is 1.24 bits per heavy atom. The molecule has 0 saturated heterocycles. The average Bonchev–Trinajstić information content (AvgIpc) is 2.34. The van der Waals surface area contributed by atoms with E-state index in [0.29, 0.717) is 5.69 Å². The standard InChI is InChI=1S/C13H12BrFN2/c1-9(10-4-6-16-7-5-10)17-13-3-2-11(14)8-12(13)15/h2-9,17H,1H3. The van der Waals surface area contributed by atoms with Crippen molar-refractivity contribution in [2.24, 2.45) is 0 Å². The van der Waals surface area contributed by atoms with E-state index in [1.165, 1.54) is 6.07 Å². The molecule has 1 atom stereocenters. The van der Waals surface area contributed by atoms with Crippen molar-refractivity contribution in [3.8, 4) is 0 Å². The molecule has 0 amide bonds. The number of benzene rings is 1. The highest BCUT2D eigenvalue weighted by Gasteiger charge is 2.08. The van der Waals surface area contributed by atoms with Crippen LogP contribution in [-0.2, 0) is 0 Å². The summed E-state index contributed by atoms with van der Waals surface area (Å²) in [5.74, 6) is -0.264.